The van der Waals surface area contributed by atoms with Gasteiger partial charge in [-0.05, 0) is 67.3 Å². The highest BCUT2D eigenvalue weighted by Crippen LogP contribution is 2.41. The zero-order valence-electron chi connectivity index (χ0n) is 16.9. The number of hydrogen-bond acceptors (Lipinski definition) is 2. The van der Waals surface area contributed by atoms with E-state index in [4.69, 9.17) is 5.73 Å². The van der Waals surface area contributed by atoms with Crippen molar-refractivity contribution in [1.29, 1.82) is 0 Å². The first-order valence-electron chi connectivity index (χ1n) is 9.86. The Hall–Kier alpha value is -2.33. The van der Waals surface area contributed by atoms with Gasteiger partial charge in [0.15, 0.2) is 0 Å². The van der Waals surface area contributed by atoms with Gasteiger partial charge in [0.25, 0.3) is 5.56 Å². The summed E-state index contributed by atoms with van der Waals surface area (Å²) in [5.41, 5.74) is 14.1. The van der Waals surface area contributed by atoms with Gasteiger partial charge in [-0.15, -0.1) is 0 Å². The van der Waals surface area contributed by atoms with E-state index in [0.29, 0.717) is 17.9 Å². The van der Waals surface area contributed by atoms with Crippen molar-refractivity contribution in [3.63, 3.8) is 0 Å². The fourth-order valence-corrected chi connectivity index (χ4v) is 4.46. The Morgan fingerprint density at radius 3 is 2.52 bits per heavy atom. The minimum Gasteiger partial charge on any atom is -0.354 e. The number of rotatable bonds is 3. The zero-order valence-corrected chi connectivity index (χ0v) is 16.9. The largest absolute Gasteiger partial charge is 0.354 e. The Kier molecular flexibility index (Phi) is 4.26. The Bertz CT molecular complexity index is 1080. The third-order valence-corrected chi connectivity index (χ3v) is 6.29. The van der Waals surface area contributed by atoms with Crippen LogP contribution in [0, 0.1) is 13.8 Å². The Balaban J connectivity index is 1.94. The van der Waals surface area contributed by atoms with Gasteiger partial charge in [0.1, 0.15) is 0 Å². The van der Waals surface area contributed by atoms with E-state index in [0.717, 1.165) is 40.7 Å². The van der Waals surface area contributed by atoms with Crippen LogP contribution in [0.1, 0.15) is 60.8 Å². The van der Waals surface area contributed by atoms with E-state index in [-0.39, 0.29) is 5.56 Å². The summed E-state index contributed by atoms with van der Waals surface area (Å²) in [7, 11) is 1.83. The first-order chi connectivity index (χ1) is 12.8. The number of aromatic amines is 1. The lowest BCUT2D eigenvalue weighted by Crippen LogP contribution is -2.34. The lowest BCUT2D eigenvalue weighted by molar-refractivity contribution is 0.352. The molecule has 2 aromatic heterocycles. The summed E-state index contributed by atoms with van der Waals surface area (Å²) in [6, 6.07) is 7.15. The summed E-state index contributed by atoms with van der Waals surface area (Å²) in [5.74, 6) is 0.967. The maximum atomic E-state index is 12.3. The molecule has 4 heteroatoms. The van der Waals surface area contributed by atoms with Crippen LogP contribution in [0.2, 0.25) is 0 Å². The number of aromatic nitrogens is 2. The molecular weight excluding hydrogens is 334 g/mol. The van der Waals surface area contributed by atoms with Gasteiger partial charge in [-0.3, -0.25) is 4.79 Å². The average Bonchev–Trinajstić information content (AvgIpc) is 2.98. The van der Waals surface area contributed by atoms with E-state index in [1.54, 1.807) is 4.57 Å². The van der Waals surface area contributed by atoms with Gasteiger partial charge in [-0.2, -0.15) is 0 Å². The lowest BCUT2D eigenvalue weighted by atomic mass is 9.76. The lowest BCUT2D eigenvalue weighted by Gasteiger charge is -2.32. The molecule has 3 N–H and O–H groups in total. The molecule has 142 valence electrons. The minimum atomic E-state index is 0.0714. The first-order valence-corrected chi connectivity index (χ1v) is 9.86. The monoisotopic (exact) mass is 363 g/mol. The van der Waals surface area contributed by atoms with Crippen LogP contribution in [0.15, 0.2) is 29.2 Å². The maximum Gasteiger partial charge on any atom is 0.253 e. The van der Waals surface area contributed by atoms with Gasteiger partial charge >= 0.3 is 0 Å². The third-order valence-electron chi connectivity index (χ3n) is 6.29. The van der Waals surface area contributed by atoms with Gasteiger partial charge in [0, 0.05) is 41.3 Å². The predicted molar refractivity (Wildman–Crippen MR) is 112 cm³/mol. The number of pyridine rings is 1. The Morgan fingerprint density at radius 2 is 1.89 bits per heavy atom. The van der Waals surface area contributed by atoms with Gasteiger partial charge in [0.2, 0.25) is 0 Å². The highest BCUT2D eigenvalue weighted by atomic mass is 16.1. The fourth-order valence-electron chi connectivity index (χ4n) is 4.46. The van der Waals surface area contributed by atoms with Crippen LogP contribution < -0.4 is 11.3 Å². The molecule has 0 aliphatic heterocycles. The quantitative estimate of drug-likeness (QED) is 0.721. The van der Waals surface area contributed by atoms with Crippen molar-refractivity contribution >= 4 is 10.9 Å². The van der Waals surface area contributed by atoms with Crippen molar-refractivity contribution in [3.05, 3.63) is 57.0 Å². The maximum absolute atomic E-state index is 12.3. The SMILES string of the molecule is Cc1c(-c2[nH]c3ccc(C4CC(N)C4)cc3c2C(C)C)cn(C)c(=O)c1C. The molecule has 0 spiro atoms. The molecule has 0 atom stereocenters. The van der Waals surface area contributed by atoms with Crippen LogP contribution in [0.25, 0.3) is 22.2 Å². The number of nitrogens with zero attached hydrogens (tertiary/aromatic N) is 1. The second kappa shape index (κ2) is 6.38. The number of fused-ring (bicyclic) bond motifs is 1. The van der Waals surface area contributed by atoms with E-state index < -0.39 is 0 Å². The number of benzene rings is 1. The van der Waals surface area contributed by atoms with Crippen molar-refractivity contribution in [3.8, 4) is 11.3 Å². The molecule has 0 bridgehead atoms. The summed E-state index contributed by atoms with van der Waals surface area (Å²) >= 11 is 0. The van der Waals surface area contributed by atoms with Crippen molar-refractivity contribution < 1.29 is 0 Å². The highest BCUT2D eigenvalue weighted by Gasteiger charge is 2.28. The molecule has 2 heterocycles. The van der Waals surface area contributed by atoms with E-state index >= 15 is 0 Å². The van der Waals surface area contributed by atoms with Crippen molar-refractivity contribution in [2.24, 2.45) is 12.8 Å². The molecule has 1 aromatic carbocycles. The molecule has 3 aromatic rings. The molecule has 4 nitrogen and oxygen atoms in total. The van der Waals surface area contributed by atoms with Crippen LogP contribution in [-0.4, -0.2) is 15.6 Å². The van der Waals surface area contributed by atoms with Crippen molar-refractivity contribution in [2.45, 2.75) is 58.4 Å². The number of nitrogens with two attached hydrogens (primary N) is 1. The predicted octanol–water partition coefficient (Wildman–Crippen LogP) is 4.48. The van der Waals surface area contributed by atoms with E-state index in [1.807, 2.05) is 27.1 Å². The molecule has 0 saturated heterocycles. The highest BCUT2D eigenvalue weighted by molar-refractivity contribution is 5.92. The van der Waals surface area contributed by atoms with Crippen molar-refractivity contribution in [1.82, 2.24) is 9.55 Å². The Labute approximate surface area is 160 Å². The number of nitrogens with one attached hydrogen (secondary N) is 1. The minimum absolute atomic E-state index is 0.0714. The second-order valence-corrected chi connectivity index (χ2v) is 8.51. The molecule has 1 saturated carbocycles. The molecular formula is C23H29N3O. The van der Waals surface area contributed by atoms with Crippen LogP contribution in [0.3, 0.4) is 0 Å². The molecule has 1 aliphatic rings. The van der Waals surface area contributed by atoms with Gasteiger partial charge in [-0.1, -0.05) is 19.9 Å². The summed E-state index contributed by atoms with van der Waals surface area (Å²) in [4.78, 5) is 15.9. The van der Waals surface area contributed by atoms with Gasteiger partial charge < -0.3 is 15.3 Å². The fraction of sp³-hybridized carbons (Fsp3) is 0.435. The van der Waals surface area contributed by atoms with E-state index in [1.165, 1.54) is 16.5 Å². The van der Waals surface area contributed by atoms with Crippen LogP contribution in [0.4, 0.5) is 0 Å². The van der Waals surface area contributed by atoms with Crippen molar-refractivity contribution in [2.75, 3.05) is 0 Å². The van der Waals surface area contributed by atoms with Gasteiger partial charge in [0.05, 0.1) is 5.69 Å². The standard InChI is InChI=1S/C23H29N3O/c1-12(2)21-18-10-15(16-8-17(24)9-16)6-7-20(18)25-22(21)19-11-26(5)23(27)14(4)13(19)3/h6-7,10-12,16-17,25H,8-9,24H2,1-5H3. The Morgan fingerprint density at radius 1 is 1.19 bits per heavy atom. The first kappa shape index (κ1) is 18.1. The average molecular weight is 364 g/mol. The topological polar surface area (TPSA) is 63.8 Å². The molecule has 1 fully saturated rings. The summed E-state index contributed by atoms with van der Waals surface area (Å²) in [6.45, 7) is 8.43. The molecule has 1 aliphatic carbocycles. The second-order valence-electron chi connectivity index (χ2n) is 8.51. The smallest absolute Gasteiger partial charge is 0.253 e. The molecule has 0 unspecified atom stereocenters. The summed E-state index contributed by atoms with van der Waals surface area (Å²) in [6.07, 6.45) is 4.13. The van der Waals surface area contributed by atoms with Gasteiger partial charge in [-0.25, -0.2) is 0 Å². The molecule has 0 radical (unpaired) electrons. The number of H-pyrrole nitrogens is 1. The van der Waals surface area contributed by atoms with E-state index in [9.17, 15) is 4.79 Å². The third kappa shape index (κ3) is 2.83. The normalized spacial score (nSPS) is 19.7. The molecule has 4 rings (SSSR count). The van der Waals surface area contributed by atoms with Crippen LogP contribution in [-0.2, 0) is 7.05 Å². The van der Waals surface area contributed by atoms with Crippen LogP contribution in [0.5, 0.6) is 0 Å². The zero-order chi connectivity index (χ0) is 19.5. The molecule has 0 amide bonds. The molecule has 27 heavy (non-hydrogen) atoms. The summed E-state index contributed by atoms with van der Waals surface area (Å²) in [5, 5.41) is 1.30. The number of hydrogen-bond donors (Lipinski definition) is 2. The van der Waals surface area contributed by atoms with E-state index in [2.05, 4.69) is 37.0 Å². The van der Waals surface area contributed by atoms with Crippen LogP contribution >= 0.6 is 0 Å². The number of aryl methyl sites for hydroxylation is 1. The summed E-state index contributed by atoms with van der Waals surface area (Å²) < 4.78 is 1.69.